The number of thiazole rings is 1. The van der Waals surface area contributed by atoms with Crippen molar-refractivity contribution in [3.63, 3.8) is 0 Å². The van der Waals surface area contributed by atoms with Crippen LogP contribution in [0.1, 0.15) is 38.5 Å². The zero-order chi connectivity index (χ0) is 22.3. The van der Waals surface area contributed by atoms with Gasteiger partial charge in [0.1, 0.15) is 5.82 Å². The van der Waals surface area contributed by atoms with Crippen molar-refractivity contribution in [1.82, 2.24) is 15.3 Å². The number of aromatic nitrogens is 2. The molecule has 0 radical (unpaired) electrons. The van der Waals surface area contributed by atoms with Gasteiger partial charge in [-0.05, 0) is 56.4 Å². The fraction of sp³-hybridized carbons (Fsp3) is 0.591. The van der Waals surface area contributed by atoms with Crippen molar-refractivity contribution in [3.8, 4) is 11.3 Å². The first-order chi connectivity index (χ1) is 15.6. The molecule has 0 atom stereocenters. The number of rotatable bonds is 8. The zero-order valence-corrected chi connectivity index (χ0v) is 19.6. The molecule has 10 heteroatoms. The molecule has 4 rings (SSSR count). The van der Waals surface area contributed by atoms with Crippen LogP contribution in [0.3, 0.4) is 0 Å². The van der Waals surface area contributed by atoms with E-state index in [0.29, 0.717) is 16.9 Å². The number of carbonyl (C=O) groups is 1. The SMILES string of the molecule is O=C(O)NC1CCC(CNc2cc(-c3csc(NCC4CCOCC4)n3)c(Cl)cn2)CC1. The van der Waals surface area contributed by atoms with E-state index in [1.54, 1.807) is 17.5 Å². The van der Waals surface area contributed by atoms with Gasteiger partial charge in [-0.3, -0.25) is 0 Å². The van der Waals surface area contributed by atoms with Crippen molar-refractivity contribution in [3.05, 3.63) is 22.7 Å². The van der Waals surface area contributed by atoms with E-state index < -0.39 is 6.09 Å². The van der Waals surface area contributed by atoms with Gasteiger partial charge < -0.3 is 25.8 Å². The Hall–Kier alpha value is -2.10. The Bertz CT molecular complexity index is 897. The molecule has 1 saturated carbocycles. The number of anilines is 2. The number of hydrogen-bond donors (Lipinski definition) is 4. The summed E-state index contributed by atoms with van der Waals surface area (Å²) in [5, 5.41) is 21.8. The fourth-order valence-corrected chi connectivity index (χ4v) is 5.25. The molecule has 3 heterocycles. The Labute approximate surface area is 197 Å². The highest BCUT2D eigenvalue weighted by molar-refractivity contribution is 7.14. The first-order valence-corrected chi connectivity index (χ1v) is 12.5. The van der Waals surface area contributed by atoms with E-state index in [1.807, 2.05) is 11.4 Å². The molecule has 32 heavy (non-hydrogen) atoms. The Morgan fingerprint density at radius 3 is 2.59 bits per heavy atom. The molecule has 2 aromatic heterocycles. The second-order valence-electron chi connectivity index (χ2n) is 8.57. The third-order valence-corrected chi connectivity index (χ3v) is 7.37. The monoisotopic (exact) mass is 479 g/mol. The minimum absolute atomic E-state index is 0.0722. The summed E-state index contributed by atoms with van der Waals surface area (Å²) in [6, 6.07) is 2.03. The van der Waals surface area contributed by atoms with Crippen molar-refractivity contribution in [2.24, 2.45) is 11.8 Å². The summed E-state index contributed by atoms with van der Waals surface area (Å²) in [6.45, 7) is 3.41. The smallest absolute Gasteiger partial charge is 0.404 e. The molecule has 2 aromatic rings. The molecule has 0 spiro atoms. The van der Waals surface area contributed by atoms with Gasteiger partial charge in [0.15, 0.2) is 5.13 Å². The van der Waals surface area contributed by atoms with Gasteiger partial charge in [0, 0.05) is 49.5 Å². The average molecular weight is 480 g/mol. The number of hydrogen-bond acceptors (Lipinski definition) is 7. The minimum atomic E-state index is -0.937. The van der Waals surface area contributed by atoms with Gasteiger partial charge in [0.25, 0.3) is 0 Å². The fourth-order valence-electron chi connectivity index (χ4n) is 4.33. The van der Waals surface area contributed by atoms with E-state index >= 15 is 0 Å². The second-order valence-corrected chi connectivity index (χ2v) is 9.84. The van der Waals surface area contributed by atoms with Crippen molar-refractivity contribution in [2.45, 2.75) is 44.6 Å². The number of pyridine rings is 1. The van der Waals surface area contributed by atoms with Crippen molar-refractivity contribution < 1.29 is 14.6 Å². The van der Waals surface area contributed by atoms with E-state index in [9.17, 15) is 4.79 Å². The molecule has 1 aliphatic carbocycles. The highest BCUT2D eigenvalue weighted by atomic mass is 35.5. The van der Waals surface area contributed by atoms with Gasteiger partial charge in [-0.1, -0.05) is 11.6 Å². The lowest BCUT2D eigenvalue weighted by Crippen LogP contribution is -2.37. The first-order valence-electron chi connectivity index (χ1n) is 11.2. The number of carboxylic acid groups (broad SMARTS) is 1. The quantitative estimate of drug-likeness (QED) is 0.424. The van der Waals surface area contributed by atoms with Crippen LogP contribution in [-0.4, -0.2) is 53.5 Å². The van der Waals surface area contributed by atoms with E-state index in [4.69, 9.17) is 26.4 Å². The Balaban J connectivity index is 1.30. The number of nitrogens with one attached hydrogen (secondary N) is 3. The van der Waals surface area contributed by atoms with E-state index in [0.717, 1.165) is 87.0 Å². The van der Waals surface area contributed by atoms with Crippen LogP contribution in [0.2, 0.25) is 5.02 Å². The van der Waals surface area contributed by atoms with Gasteiger partial charge in [-0.25, -0.2) is 14.8 Å². The molecule has 0 bridgehead atoms. The molecular weight excluding hydrogens is 450 g/mol. The summed E-state index contributed by atoms with van der Waals surface area (Å²) in [4.78, 5) is 19.9. The lowest BCUT2D eigenvalue weighted by atomic mass is 9.86. The van der Waals surface area contributed by atoms with Crippen LogP contribution in [0.4, 0.5) is 15.7 Å². The molecule has 0 aromatic carbocycles. The minimum Gasteiger partial charge on any atom is -0.465 e. The highest BCUT2D eigenvalue weighted by Crippen LogP contribution is 2.32. The molecule has 4 N–H and O–H groups in total. The summed E-state index contributed by atoms with van der Waals surface area (Å²) < 4.78 is 5.42. The topological polar surface area (TPSA) is 108 Å². The zero-order valence-electron chi connectivity index (χ0n) is 18.0. The molecule has 2 aliphatic rings. The largest absolute Gasteiger partial charge is 0.465 e. The maximum absolute atomic E-state index is 10.8. The van der Waals surface area contributed by atoms with Gasteiger partial charge >= 0.3 is 6.09 Å². The standard InChI is InChI=1S/C22H30ClN5O3S/c23-18-12-25-20(24-10-14-1-3-16(4-2-14)27-22(29)30)9-17(18)19-13-32-21(28-19)26-11-15-5-7-31-8-6-15/h9,12-16,27H,1-8,10-11H2,(H,24,25)(H,26,28)(H,29,30). The maximum atomic E-state index is 10.8. The first kappa shape index (κ1) is 23.1. The predicted molar refractivity (Wildman–Crippen MR) is 128 cm³/mol. The van der Waals surface area contributed by atoms with Crippen LogP contribution >= 0.6 is 22.9 Å². The predicted octanol–water partition coefficient (Wildman–Crippen LogP) is 4.94. The van der Waals surface area contributed by atoms with E-state index in [-0.39, 0.29) is 6.04 Å². The summed E-state index contributed by atoms with van der Waals surface area (Å²) in [6.07, 6.45) is 6.65. The number of nitrogens with zero attached hydrogens (tertiary/aromatic N) is 2. The van der Waals surface area contributed by atoms with Crippen LogP contribution in [0, 0.1) is 11.8 Å². The number of halogens is 1. The summed E-state index contributed by atoms with van der Waals surface area (Å²) >= 11 is 8.02. The third-order valence-electron chi connectivity index (χ3n) is 6.26. The molecule has 1 amide bonds. The van der Waals surface area contributed by atoms with E-state index in [1.165, 1.54) is 0 Å². The number of ether oxygens (including phenoxy) is 1. The Kier molecular flexibility index (Phi) is 8.05. The Morgan fingerprint density at radius 1 is 1.12 bits per heavy atom. The summed E-state index contributed by atoms with van der Waals surface area (Å²) in [5.74, 6) is 1.91. The van der Waals surface area contributed by atoms with Crippen molar-refractivity contribution in [2.75, 3.05) is 36.9 Å². The molecule has 174 valence electrons. The van der Waals surface area contributed by atoms with Crippen LogP contribution in [-0.2, 0) is 4.74 Å². The van der Waals surface area contributed by atoms with Crippen LogP contribution in [0.5, 0.6) is 0 Å². The van der Waals surface area contributed by atoms with Gasteiger partial charge in [-0.2, -0.15) is 0 Å². The Morgan fingerprint density at radius 2 is 1.84 bits per heavy atom. The normalized spacial score (nSPS) is 21.8. The van der Waals surface area contributed by atoms with Gasteiger partial charge in [-0.15, -0.1) is 11.3 Å². The van der Waals surface area contributed by atoms with Crippen LogP contribution in [0.15, 0.2) is 17.6 Å². The molecule has 1 saturated heterocycles. The lowest BCUT2D eigenvalue weighted by molar-refractivity contribution is 0.0699. The summed E-state index contributed by atoms with van der Waals surface area (Å²) in [5.41, 5.74) is 1.72. The average Bonchev–Trinajstić information content (AvgIpc) is 3.27. The molecule has 1 aliphatic heterocycles. The number of amides is 1. The van der Waals surface area contributed by atoms with Crippen molar-refractivity contribution in [1.29, 1.82) is 0 Å². The van der Waals surface area contributed by atoms with Gasteiger partial charge in [0.2, 0.25) is 0 Å². The maximum Gasteiger partial charge on any atom is 0.404 e. The lowest BCUT2D eigenvalue weighted by Gasteiger charge is -2.28. The molecule has 2 fully saturated rings. The van der Waals surface area contributed by atoms with E-state index in [2.05, 4.69) is 20.9 Å². The second kappa shape index (κ2) is 11.2. The van der Waals surface area contributed by atoms with Crippen molar-refractivity contribution >= 4 is 40.0 Å². The highest BCUT2D eigenvalue weighted by Gasteiger charge is 2.22. The molecule has 8 nitrogen and oxygen atoms in total. The van der Waals surface area contributed by atoms with Gasteiger partial charge in [0.05, 0.1) is 10.7 Å². The van der Waals surface area contributed by atoms with Crippen LogP contribution in [0.25, 0.3) is 11.3 Å². The summed E-state index contributed by atoms with van der Waals surface area (Å²) in [7, 11) is 0. The molecule has 0 unspecified atom stereocenters. The molecular formula is C22H30ClN5O3S. The third kappa shape index (κ3) is 6.46. The van der Waals surface area contributed by atoms with Crippen LogP contribution < -0.4 is 16.0 Å².